The van der Waals surface area contributed by atoms with Gasteiger partial charge in [-0.15, -0.1) is 0 Å². The van der Waals surface area contributed by atoms with E-state index in [1.807, 2.05) is 7.11 Å². The fourth-order valence-electron chi connectivity index (χ4n) is 4.51. The van der Waals surface area contributed by atoms with Gasteiger partial charge in [-0.1, -0.05) is 26.7 Å². The molecule has 0 bridgehead atoms. The van der Waals surface area contributed by atoms with Crippen LogP contribution < -0.4 is 5.73 Å². The summed E-state index contributed by atoms with van der Waals surface area (Å²) in [6, 6.07) is 0.621. The second-order valence-corrected chi connectivity index (χ2v) is 6.99. The average molecular weight is 268 g/mol. The lowest BCUT2D eigenvalue weighted by Gasteiger charge is -2.56. The van der Waals surface area contributed by atoms with E-state index in [1.165, 1.54) is 38.6 Å². The zero-order valence-electron chi connectivity index (χ0n) is 13.2. The molecule has 3 heteroatoms. The van der Waals surface area contributed by atoms with Crippen LogP contribution in [0.2, 0.25) is 0 Å². The molecule has 1 aliphatic heterocycles. The molecule has 0 aromatic carbocycles. The maximum atomic E-state index is 6.27. The maximum Gasteiger partial charge on any atom is 0.0767 e. The van der Waals surface area contributed by atoms with Crippen LogP contribution >= 0.6 is 0 Å². The molecule has 2 fully saturated rings. The molecule has 2 rings (SSSR count). The number of hydrogen-bond donors (Lipinski definition) is 1. The third kappa shape index (κ3) is 2.70. The monoisotopic (exact) mass is 268 g/mol. The summed E-state index contributed by atoms with van der Waals surface area (Å²) in [4.78, 5) is 2.71. The minimum Gasteiger partial charge on any atom is -0.379 e. The second-order valence-electron chi connectivity index (χ2n) is 6.99. The molecule has 2 aliphatic rings. The lowest BCUT2D eigenvalue weighted by molar-refractivity contribution is -0.114. The number of rotatable bonds is 3. The van der Waals surface area contributed by atoms with Gasteiger partial charge in [-0.2, -0.15) is 0 Å². The molecule has 0 radical (unpaired) electrons. The summed E-state index contributed by atoms with van der Waals surface area (Å²) in [5, 5.41) is 0. The Bertz CT molecular complexity index is 296. The lowest BCUT2D eigenvalue weighted by atomic mass is 9.73. The first-order valence-corrected chi connectivity index (χ1v) is 8.04. The van der Waals surface area contributed by atoms with Crippen molar-refractivity contribution in [1.29, 1.82) is 0 Å². The fraction of sp³-hybridized carbons (Fsp3) is 1.00. The Kier molecular flexibility index (Phi) is 4.91. The van der Waals surface area contributed by atoms with Gasteiger partial charge in [0, 0.05) is 26.2 Å². The molecular formula is C16H32N2O. The van der Waals surface area contributed by atoms with Gasteiger partial charge in [-0.05, 0) is 38.0 Å². The first kappa shape index (κ1) is 15.3. The fourth-order valence-corrected chi connectivity index (χ4v) is 4.51. The predicted molar refractivity (Wildman–Crippen MR) is 80.2 cm³/mol. The third-order valence-electron chi connectivity index (χ3n) is 5.73. The SMILES string of the molecule is COC1CCCCC1(CN)N1CC(C)CC(C)C1C. The Morgan fingerprint density at radius 3 is 2.63 bits per heavy atom. The van der Waals surface area contributed by atoms with E-state index in [1.54, 1.807) is 0 Å². The molecule has 3 nitrogen and oxygen atoms in total. The van der Waals surface area contributed by atoms with Gasteiger partial charge in [0.25, 0.3) is 0 Å². The normalized spacial score (nSPS) is 45.3. The van der Waals surface area contributed by atoms with Crippen LogP contribution in [-0.2, 0) is 4.74 Å². The van der Waals surface area contributed by atoms with Crippen LogP contribution in [0.15, 0.2) is 0 Å². The van der Waals surface area contributed by atoms with Crippen molar-refractivity contribution < 1.29 is 4.74 Å². The van der Waals surface area contributed by atoms with Gasteiger partial charge in [-0.25, -0.2) is 0 Å². The molecule has 1 saturated heterocycles. The number of methoxy groups -OCH3 is 1. The van der Waals surface area contributed by atoms with Crippen LogP contribution in [0.5, 0.6) is 0 Å². The molecule has 0 aromatic rings. The standard InChI is InChI=1S/C16H32N2O/c1-12-9-13(2)14(3)18(10-12)16(11-17)8-6-5-7-15(16)19-4/h12-15H,5-11,17H2,1-4H3. The lowest BCUT2D eigenvalue weighted by Crippen LogP contribution is -2.68. The molecule has 5 atom stereocenters. The molecular weight excluding hydrogens is 236 g/mol. The molecule has 5 unspecified atom stereocenters. The van der Waals surface area contributed by atoms with E-state index in [4.69, 9.17) is 10.5 Å². The van der Waals surface area contributed by atoms with Gasteiger partial charge >= 0.3 is 0 Å². The van der Waals surface area contributed by atoms with Crippen molar-refractivity contribution in [2.75, 3.05) is 20.2 Å². The molecule has 1 saturated carbocycles. The Labute approximate surface area is 118 Å². The van der Waals surface area contributed by atoms with E-state index < -0.39 is 0 Å². The van der Waals surface area contributed by atoms with Crippen LogP contribution in [0.4, 0.5) is 0 Å². The molecule has 0 spiro atoms. The average Bonchev–Trinajstić information content (AvgIpc) is 2.42. The van der Waals surface area contributed by atoms with Crippen LogP contribution in [0.3, 0.4) is 0 Å². The van der Waals surface area contributed by atoms with E-state index in [-0.39, 0.29) is 5.54 Å². The summed E-state index contributed by atoms with van der Waals surface area (Å²) in [6.07, 6.45) is 6.60. The van der Waals surface area contributed by atoms with Gasteiger partial charge in [-0.3, -0.25) is 4.90 Å². The predicted octanol–water partition coefficient (Wildman–Crippen LogP) is 2.64. The van der Waals surface area contributed by atoms with Crippen LogP contribution in [-0.4, -0.2) is 42.8 Å². The van der Waals surface area contributed by atoms with E-state index in [0.717, 1.165) is 18.4 Å². The molecule has 0 aromatic heterocycles. The zero-order valence-corrected chi connectivity index (χ0v) is 13.2. The maximum absolute atomic E-state index is 6.27. The summed E-state index contributed by atoms with van der Waals surface area (Å²) in [6.45, 7) is 9.07. The Morgan fingerprint density at radius 1 is 1.26 bits per heavy atom. The Morgan fingerprint density at radius 2 is 2.00 bits per heavy atom. The summed E-state index contributed by atoms with van der Waals surface area (Å²) >= 11 is 0. The molecule has 112 valence electrons. The van der Waals surface area contributed by atoms with Crippen molar-refractivity contribution in [2.45, 2.75) is 70.6 Å². The number of hydrogen-bond acceptors (Lipinski definition) is 3. The van der Waals surface area contributed by atoms with Crippen LogP contribution in [0, 0.1) is 11.8 Å². The molecule has 1 heterocycles. The van der Waals surface area contributed by atoms with Gasteiger partial charge < -0.3 is 10.5 Å². The van der Waals surface area contributed by atoms with Crippen molar-refractivity contribution in [1.82, 2.24) is 4.90 Å². The molecule has 1 aliphatic carbocycles. The Hall–Kier alpha value is -0.120. The van der Waals surface area contributed by atoms with Gasteiger partial charge in [0.15, 0.2) is 0 Å². The van der Waals surface area contributed by atoms with Gasteiger partial charge in [0.05, 0.1) is 11.6 Å². The van der Waals surface area contributed by atoms with Crippen molar-refractivity contribution in [3.05, 3.63) is 0 Å². The topological polar surface area (TPSA) is 38.5 Å². The van der Waals surface area contributed by atoms with Gasteiger partial charge in [0.2, 0.25) is 0 Å². The van der Waals surface area contributed by atoms with E-state index in [2.05, 4.69) is 25.7 Å². The first-order chi connectivity index (χ1) is 9.05. The van der Waals surface area contributed by atoms with Crippen molar-refractivity contribution in [3.63, 3.8) is 0 Å². The quantitative estimate of drug-likeness (QED) is 0.855. The minimum atomic E-state index is 0.0787. The molecule has 0 amide bonds. The zero-order chi connectivity index (χ0) is 14.0. The van der Waals surface area contributed by atoms with E-state index in [0.29, 0.717) is 12.1 Å². The summed E-state index contributed by atoms with van der Waals surface area (Å²) in [7, 11) is 1.86. The van der Waals surface area contributed by atoms with Crippen molar-refractivity contribution >= 4 is 0 Å². The first-order valence-electron chi connectivity index (χ1n) is 8.04. The smallest absolute Gasteiger partial charge is 0.0767 e. The van der Waals surface area contributed by atoms with Crippen molar-refractivity contribution in [3.8, 4) is 0 Å². The second kappa shape index (κ2) is 6.11. The highest BCUT2D eigenvalue weighted by atomic mass is 16.5. The van der Waals surface area contributed by atoms with E-state index in [9.17, 15) is 0 Å². The highest BCUT2D eigenvalue weighted by molar-refractivity contribution is 5.04. The number of piperidine rings is 1. The largest absolute Gasteiger partial charge is 0.379 e. The van der Waals surface area contributed by atoms with Gasteiger partial charge in [0.1, 0.15) is 0 Å². The Balaban J connectivity index is 2.27. The van der Waals surface area contributed by atoms with Crippen molar-refractivity contribution in [2.24, 2.45) is 17.6 Å². The summed E-state index contributed by atoms with van der Waals surface area (Å²) in [5.41, 5.74) is 6.35. The summed E-state index contributed by atoms with van der Waals surface area (Å²) in [5.74, 6) is 1.53. The molecule has 19 heavy (non-hydrogen) atoms. The summed E-state index contributed by atoms with van der Waals surface area (Å²) < 4.78 is 5.85. The van der Waals surface area contributed by atoms with E-state index >= 15 is 0 Å². The third-order valence-corrected chi connectivity index (χ3v) is 5.73. The molecule has 2 N–H and O–H groups in total. The van der Waals surface area contributed by atoms with Crippen LogP contribution in [0.25, 0.3) is 0 Å². The number of ether oxygens (including phenoxy) is 1. The number of nitrogens with zero attached hydrogens (tertiary/aromatic N) is 1. The minimum absolute atomic E-state index is 0.0787. The number of nitrogens with two attached hydrogens (primary N) is 1. The highest BCUT2D eigenvalue weighted by Gasteiger charge is 2.48. The highest BCUT2D eigenvalue weighted by Crippen LogP contribution is 2.40. The number of likely N-dealkylation sites (tertiary alicyclic amines) is 1. The van der Waals surface area contributed by atoms with Crippen LogP contribution in [0.1, 0.15) is 52.9 Å².